The number of ether oxygens (including phenoxy) is 1. The van der Waals surface area contributed by atoms with Crippen molar-refractivity contribution in [1.29, 1.82) is 0 Å². The van der Waals surface area contributed by atoms with Gasteiger partial charge >= 0.3 is 0 Å². The molecule has 112 valence electrons. The zero-order chi connectivity index (χ0) is 14.4. The smallest absolute Gasteiger partial charge is 0.0733 e. The summed E-state index contributed by atoms with van der Waals surface area (Å²) in [6.45, 7) is 8.92. The van der Waals surface area contributed by atoms with Gasteiger partial charge in [0.15, 0.2) is 0 Å². The Morgan fingerprint density at radius 2 is 1.95 bits per heavy atom. The van der Waals surface area contributed by atoms with Crippen molar-refractivity contribution in [1.82, 2.24) is 4.90 Å². The highest BCUT2D eigenvalue weighted by Crippen LogP contribution is 2.21. The third-order valence-corrected chi connectivity index (χ3v) is 3.89. The van der Waals surface area contributed by atoms with E-state index in [1.165, 1.54) is 43.7 Å². The standard InChI is InChI=1S/C17H28N2O/c1-14(2)12-19-10-8-16(9-11-19)18-17-7-5-4-6-15(17)13-20-3/h4-7,14,16,18H,8-13H2,1-3H3. The average Bonchev–Trinajstić information content (AvgIpc) is 2.43. The molecule has 0 bridgehead atoms. The first-order valence-corrected chi connectivity index (χ1v) is 7.74. The molecule has 1 aromatic rings. The van der Waals surface area contributed by atoms with Gasteiger partial charge in [-0.3, -0.25) is 0 Å². The van der Waals surface area contributed by atoms with Crippen LogP contribution in [-0.2, 0) is 11.3 Å². The normalized spacial score (nSPS) is 17.6. The quantitative estimate of drug-likeness (QED) is 0.862. The fraction of sp³-hybridized carbons (Fsp3) is 0.647. The molecule has 1 aromatic carbocycles. The van der Waals surface area contributed by atoms with Gasteiger partial charge in [-0.05, 0) is 24.8 Å². The van der Waals surface area contributed by atoms with Crippen molar-refractivity contribution < 1.29 is 4.74 Å². The van der Waals surface area contributed by atoms with Crippen LogP contribution in [0.2, 0.25) is 0 Å². The first-order chi connectivity index (χ1) is 9.69. The monoisotopic (exact) mass is 276 g/mol. The largest absolute Gasteiger partial charge is 0.382 e. The van der Waals surface area contributed by atoms with Crippen LogP contribution in [0, 0.1) is 5.92 Å². The number of piperidine rings is 1. The van der Waals surface area contributed by atoms with Crippen LogP contribution in [-0.4, -0.2) is 37.7 Å². The lowest BCUT2D eigenvalue weighted by molar-refractivity contribution is 0.184. The third kappa shape index (κ3) is 4.50. The summed E-state index contributed by atoms with van der Waals surface area (Å²) in [5.74, 6) is 0.766. The average molecular weight is 276 g/mol. The fourth-order valence-corrected chi connectivity index (χ4v) is 2.94. The van der Waals surface area contributed by atoms with E-state index in [1.807, 2.05) is 0 Å². The molecule has 0 spiro atoms. The molecular formula is C17H28N2O. The maximum atomic E-state index is 5.27. The van der Waals surface area contributed by atoms with Crippen LogP contribution in [0.3, 0.4) is 0 Å². The molecule has 0 saturated carbocycles. The van der Waals surface area contributed by atoms with Gasteiger partial charge in [0.05, 0.1) is 6.61 Å². The highest BCUT2D eigenvalue weighted by Gasteiger charge is 2.19. The maximum Gasteiger partial charge on any atom is 0.0733 e. The van der Waals surface area contributed by atoms with Crippen molar-refractivity contribution in [2.45, 2.75) is 39.3 Å². The van der Waals surface area contributed by atoms with E-state index in [2.05, 4.69) is 48.3 Å². The molecular weight excluding hydrogens is 248 g/mol. The van der Waals surface area contributed by atoms with Crippen molar-refractivity contribution in [3.8, 4) is 0 Å². The lowest BCUT2D eigenvalue weighted by Gasteiger charge is -2.34. The molecule has 0 radical (unpaired) electrons. The predicted octanol–water partition coefficient (Wildman–Crippen LogP) is 3.37. The summed E-state index contributed by atoms with van der Waals surface area (Å²) in [4.78, 5) is 2.59. The number of likely N-dealkylation sites (tertiary alicyclic amines) is 1. The van der Waals surface area contributed by atoms with E-state index in [0.29, 0.717) is 12.6 Å². The minimum atomic E-state index is 0.594. The summed E-state index contributed by atoms with van der Waals surface area (Å²) in [6, 6.07) is 9.06. The van der Waals surface area contributed by atoms with Gasteiger partial charge in [-0.15, -0.1) is 0 Å². The molecule has 0 atom stereocenters. The minimum Gasteiger partial charge on any atom is -0.382 e. The molecule has 1 aliphatic heterocycles. The van der Waals surface area contributed by atoms with Crippen LogP contribution in [0.25, 0.3) is 0 Å². The Kier molecular flexibility index (Phi) is 5.86. The van der Waals surface area contributed by atoms with Crippen LogP contribution in [0.5, 0.6) is 0 Å². The molecule has 2 rings (SSSR count). The van der Waals surface area contributed by atoms with Gasteiger partial charge in [-0.2, -0.15) is 0 Å². The second-order valence-corrected chi connectivity index (χ2v) is 6.20. The molecule has 0 aliphatic carbocycles. The van der Waals surface area contributed by atoms with Crippen LogP contribution in [0.15, 0.2) is 24.3 Å². The second-order valence-electron chi connectivity index (χ2n) is 6.20. The Bertz CT molecular complexity index is 398. The number of anilines is 1. The molecule has 0 aromatic heterocycles. The minimum absolute atomic E-state index is 0.594. The number of hydrogen-bond donors (Lipinski definition) is 1. The molecule has 3 heteroatoms. The lowest BCUT2D eigenvalue weighted by atomic mass is 10.0. The van der Waals surface area contributed by atoms with E-state index >= 15 is 0 Å². The molecule has 20 heavy (non-hydrogen) atoms. The highest BCUT2D eigenvalue weighted by atomic mass is 16.5. The Balaban J connectivity index is 1.86. The number of hydrogen-bond acceptors (Lipinski definition) is 3. The number of benzene rings is 1. The molecule has 0 unspecified atom stereocenters. The summed E-state index contributed by atoms with van der Waals surface area (Å²) >= 11 is 0. The van der Waals surface area contributed by atoms with Crippen molar-refractivity contribution in [3.63, 3.8) is 0 Å². The van der Waals surface area contributed by atoms with Gasteiger partial charge in [0.1, 0.15) is 0 Å². The molecule has 1 aliphatic rings. The number of nitrogens with zero attached hydrogens (tertiary/aromatic N) is 1. The zero-order valence-electron chi connectivity index (χ0n) is 13.1. The zero-order valence-corrected chi connectivity index (χ0v) is 13.1. The van der Waals surface area contributed by atoms with Crippen molar-refractivity contribution >= 4 is 5.69 Å². The summed E-state index contributed by atoms with van der Waals surface area (Å²) in [5.41, 5.74) is 2.48. The topological polar surface area (TPSA) is 24.5 Å². The van der Waals surface area contributed by atoms with Gasteiger partial charge in [-0.25, -0.2) is 0 Å². The summed E-state index contributed by atoms with van der Waals surface area (Å²) in [7, 11) is 1.75. The van der Waals surface area contributed by atoms with E-state index in [4.69, 9.17) is 4.74 Å². The van der Waals surface area contributed by atoms with E-state index in [9.17, 15) is 0 Å². The molecule has 1 fully saturated rings. The second kappa shape index (κ2) is 7.65. The molecule has 1 saturated heterocycles. The van der Waals surface area contributed by atoms with Gasteiger partial charge < -0.3 is 15.0 Å². The first-order valence-electron chi connectivity index (χ1n) is 7.74. The van der Waals surface area contributed by atoms with E-state index in [1.54, 1.807) is 7.11 Å². The predicted molar refractivity (Wildman–Crippen MR) is 85.1 cm³/mol. The Morgan fingerprint density at radius 3 is 2.60 bits per heavy atom. The van der Waals surface area contributed by atoms with Crippen LogP contribution in [0.4, 0.5) is 5.69 Å². The molecule has 1 heterocycles. The maximum absolute atomic E-state index is 5.27. The lowest BCUT2D eigenvalue weighted by Crippen LogP contribution is -2.40. The molecule has 1 N–H and O–H groups in total. The van der Waals surface area contributed by atoms with Crippen molar-refractivity contribution in [2.24, 2.45) is 5.92 Å². The first kappa shape index (κ1) is 15.3. The highest BCUT2D eigenvalue weighted by molar-refractivity contribution is 5.51. The summed E-state index contributed by atoms with van der Waals surface area (Å²) < 4.78 is 5.27. The van der Waals surface area contributed by atoms with Crippen LogP contribution in [0.1, 0.15) is 32.3 Å². The molecule has 3 nitrogen and oxygen atoms in total. The third-order valence-electron chi connectivity index (χ3n) is 3.89. The van der Waals surface area contributed by atoms with E-state index in [0.717, 1.165) is 5.92 Å². The van der Waals surface area contributed by atoms with Gasteiger partial charge in [-0.1, -0.05) is 32.0 Å². The SMILES string of the molecule is COCc1ccccc1NC1CCN(CC(C)C)CC1. The fourth-order valence-electron chi connectivity index (χ4n) is 2.94. The Labute approximate surface area is 123 Å². The van der Waals surface area contributed by atoms with E-state index < -0.39 is 0 Å². The number of nitrogens with one attached hydrogen (secondary N) is 1. The van der Waals surface area contributed by atoms with Crippen LogP contribution < -0.4 is 5.32 Å². The van der Waals surface area contributed by atoms with Gasteiger partial charge in [0, 0.05) is 44.0 Å². The Hall–Kier alpha value is -1.06. The summed E-state index contributed by atoms with van der Waals surface area (Å²) in [6.07, 6.45) is 2.46. The molecule has 0 amide bonds. The van der Waals surface area contributed by atoms with E-state index in [-0.39, 0.29) is 0 Å². The number of para-hydroxylation sites is 1. The summed E-state index contributed by atoms with van der Waals surface area (Å²) in [5, 5.41) is 3.70. The Morgan fingerprint density at radius 1 is 1.25 bits per heavy atom. The number of methoxy groups -OCH3 is 1. The van der Waals surface area contributed by atoms with Gasteiger partial charge in [0.2, 0.25) is 0 Å². The van der Waals surface area contributed by atoms with Gasteiger partial charge in [0.25, 0.3) is 0 Å². The van der Waals surface area contributed by atoms with Crippen molar-refractivity contribution in [3.05, 3.63) is 29.8 Å². The van der Waals surface area contributed by atoms with Crippen molar-refractivity contribution in [2.75, 3.05) is 32.1 Å². The van der Waals surface area contributed by atoms with Crippen LogP contribution >= 0.6 is 0 Å². The number of rotatable bonds is 6.